The van der Waals surface area contributed by atoms with E-state index in [0.29, 0.717) is 12.6 Å². The zero-order valence-corrected chi connectivity index (χ0v) is 15.1. The summed E-state index contributed by atoms with van der Waals surface area (Å²) in [6.07, 6.45) is 4.00. The molecule has 0 N–H and O–H groups in total. The third kappa shape index (κ3) is 2.64. The minimum absolute atomic E-state index is 0.125. The first-order valence-corrected chi connectivity index (χ1v) is 9.51. The summed E-state index contributed by atoms with van der Waals surface area (Å²) < 4.78 is 11.8. The number of amides is 1. The first kappa shape index (κ1) is 15.7. The zero-order chi connectivity index (χ0) is 17.7. The van der Waals surface area contributed by atoms with Crippen LogP contribution in [0.15, 0.2) is 30.3 Å². The van der Waals surface area contributed by atoms with Gasteiger partial charge in [-0.1, -0.05) is 17.7 Å². The van der Waals surface area contributed by atoms with E-state index in [4.69, 9.17) is 9.47 Å². The topological polar surface area (TPSA) is 38.8 Å². The Labute approximate surface area is 153 Å². The number of fused-ring (bicyclic) bond motifs is 2. The molecule has 2 aromatic rings. The van der Waals surface area contributed by atoms with Crippen LogP contribution in [0.5, 0.6) is 11.5 Å². The molecule has 0 bridgehead atoms. The molecule has 0 aromatic heterocycles. The Kier molecular flexibility index (Phi) is 3.66. The van der Waals surface area contributed by atoms with Gasteiger partial charge in [0.2, 0.25) is 0 Å². The van der Waals surface area contributed by atoms with Crippen LogP contribution in [0.4, 0.5) is 0 Å². The second kappa shape index (κ2) is 6.04. The summed E-state index contributed by atoms with van der Waals surface area (Å²) in [5.41, 5.74) is 5.51. The quantitative estimate of drug-likeness (QED) is 0.845. The van der Waals surface area contributed by atoms with Crippen LogP contribution in [0.1, 0.15) is 45.5 Å². The predicted molar refractivity (Wildman–Crippen MR) is 98.9 cm³/mol. The van der Waals surface area contributed by atoms with Gasteiger partial charge in [-0.25, -0.2) is 0 Å². The molecule has 4 heteroatoms. The lowest BCUT2D eigenvalue weighted by Gasteiger charge is -2.25. The van der Waals surface area contributed by atoms with Gasteiger partial charge in [0, 0.05) is 41.1 Å². The average molecular weight is 349 g/mol. The Morgan fingerprint density at radius 1 is 1.15 bits per heavy atom. The molecule has 0 radical (unpaired) electrons. The fourth-order valence-corrected chi connectivity index (χ4v) is 4.12. The Morgan fingerprint density at radius 2 is 2.00 bits per heavy atom. The van der Waals surface area contributed by atoms with Crippen molar-refractivity contribution in [2.24, 2.45) is 0 Å². The summed E-state index contributed by atoms with van der Waals surface area (Å²) in [4.78, 5) is 15.3. The summed E-state index contributed by atoms with van der Waals surface area (Å²) in [5, 5.41) is 0. The molecular weight excluding hydrogens is 326 g/mol. The molecule has 0 saturated heterocycles. The highest BCUT2D eigenvalue weighted by Crippen LogP contribution is 2.42. The molecule has 2 aromatic carbocycles. The smallest absolute Gasteiger partial charge is 0.254 e. The second-order valence-electron chi connectivity index (χ2n) is 7.55. The van der Waals surface area contributed by atoms with Gasteiger partial charge in [0.05, 0.1) is 19.8 Å². The van der Waals surface area contributed by atoms with Crippen molar-refractivity contribution in [2.45, 2.75) is 45.2 Å². The molecule has 1 aliphatic carbocycles. The molecule has 134 valence electrons. The summed E-state index contributed by atoms with van der Waals surface area (Å²) in [6.45, 7) is 4.09. The second-order valence-corrected chi connectivity index (χ2v) is 7.55. The van der Waals surface area contributed by atoms with Crippen molar-refractivity contribution in [1.29, 1.82) is 0 Å². The molecule has 2 aliphatic heterocycles. The van der Waals surface area contributed by atoms with Crippen LogP contribution in [0.25, 0.3) is 0 Å². The maximum Gasteiger partial charge on any atom is 0.254 e. The van der Waals surface area contributed by atoms with Crippen LogP contribution >= 0.6 is 0 Å². The fraction of sp³-hybridized carbons (Fsp3) is 0.409. The molecule has 4 nitrogen and oxygen atoms in total. The highest BCUT2D eigenvalue weighted by Gasteiger charge is 2.36. The Balaban J connectivity index is 1.52. The van der Waals surface area contributed by atoms with E-state index in [0.717, 1.165) is 61.5 Å². The number of aryl methyl sites for hydroxylation is 1. The number of hydrogen-bond acceptors (Lipinski definition) is 3. The third-order valence-electron chi connectivity index (χ3n) is 5.60. The summed E-state index contributed by atoms with van der Waals surface area (Å²) in [5.74, 6) is 2.11. The van der Waals surface area contributed by atoms with Crippen molar-refractivity contribution >= 4 is 5.91 Å². The number of benzene rings is 2. The Morgan fingerprint density at radius 3 is 2.81 bits per heavy atom. The van der Waals surface area contributed by atoms with Crippen LogP contribution in [0.3, 0.4) is 0 Å². The first-order chi connectivity index (χ1) is 12.7. The van der Waals surface area contributed by atoms with Crippen LogP contribution in [-0.2, 0) is 19.4 Å². The van der Waals surface area contributed by atoms with Gasteiger partial charge in [-0.3, -0.25) is 4.79 Å². The fourth-order valence-electron chi connectivity index (χ4n) is 4.12. The molecule has 0 unspecified atom stereocenters. The number of rotatable bonds is 4. The molecule has 5 rings (SSSR count). The molecular formula is C22H23NO3. The Hall–Kier alpha value is -2.49. The summed E-state index contributed by atoms with van der Waals surface area (Å²) in [6, 6.07) is 10.4. The molecule has 0 atom stereocenters. The molecule has 1 saturated carbocycles. The van der Waals surface area contributed by atoms with E-state index in [2.05, 4.69) is 6.07 Å². The van der Waals surface area contributed by atoms with Gasteiger partial charge in [0.25, 0.3) is 5.91 Å². The van der Waals surface area contributed by atoms with Gasteiger partial charge in [0.15, 0.2) is 0 Å². The number of hydrogen-bond donors (Lipinski definition) is 0. The normalized spacial score (nSPS) is 17.3. The number of nitrogens with zero attached hydrogens (tertiary/aromatic N) is 1. The maximum atomic E-state index is 13.2. The molecule has 3 aliphatic rings. The minimum Gasteiger partial charge on any atom is -0.493 e. The van der Waals surface area contributed by atoms with Crippen molar-refractivity contribution in [2.75, 3.05) is 13.2 Å². The summed E-state index contributed by atoms with van der Waals surface area (Å²) in [7, 11) is 0. The lowest BCUT2D eigenvalue weighted by Crippen LogP contribution is -2.33. The van der Waals surface area contributed by atoms with Gasteiger partial charge in [-0.15, -0.1) is 0 Å². The largest absolute Gasteiger partial charge is 0.493 e. The lowest BCUT2D eigenvalue weighted by atomic mass is 9.98. The minimum atomic E-state index is 0.125. The van der Waals surface area contributed by atoms with E-state index in [-0.39, 0.29) is 5.91 Å². The van der Waals surface area contributed by atoms with E-state index in [1.165, 1.54) is 16.7 Å². The average Bonchev–Trinajstić information content (AvgIpc) is 3.18. The number of carbonyl (C=O) groups excluding carboxylic acids is 1. The van der Waals surface area contributed by atoms with Gasteiger partial charge in [-0.05, 0) is 38.0 Å². The molecule has 0 spiro atoms. The molecule has 26 heavy (non-hydrogen) atoms. The standard InChI is InChI=1S/C22H23NO3/c1-14-3-2-4-16(11-14)22(24)23(17-5-6-17)13-19-18-8-10-25-20(18)12-15-7-9-26-21(15)19/h2-4,11-12,17H,5-10,13H2,1H3. The predicted octanol–water partition coefficient (Wildman–Crippen LogP) is 3.67. The van der Waals surface area contributed by atoms with Crippen molar-refractivity contribution in [1.82, 2.24) is 4.90 Å². The van der Waals surface area contributed by atoms with Crippen LogP contribution in [-0.4, -0.2) is 30.1 Å². The van der Waals surface area contributed by atoms with E-state index in [1.807, 2.05) is 36.1 Å². The highest BCUT2D eigenvalue weighted by atomic mass is 16.5. The highest BCUT2D eigenvalue weighted by molar-refractivity contribution is 5.94. The number of carbonyl (C=O) groups is 1. The summed E-state index contributed by atoms with van der Waals surface area (Å²) >= 11 is 0. The van der Waals surface area contributed by atoms with Crippen LogP contribution in [0, 0.1) is 6.92 Å². The van der Waals surface area contributed by atoms with Crippen molar-refractivity contribution in [3.05, 3.63) is 58.1 Å². The lowest BCUT2D eigenvalue weighted by molar-refractivity contribution is 0.0728. The Bertz CT molecular complexity index is 853. The van der Waals surface area contributed by atoms with Crippen molar-refractivity contribution in [3.8, 4) is 11.5 Å². The van der Waals surface area contributed by atoms with Gasteiger partial charge < -0.3 is 14.4 Å². The van der Waals surface area contributed by atoms with Crippen LogP contribution in [0.2, 0.25) is 0 Å². The molecule has 1 amide bonds. The van der Waals surface area contributed by atoms with Crippen LogP contribution < -0.4 is 9.47 Å². The zero-order valence-electron chi connectivity index (χ0n) is 15.1. The first-order valence-electron chi connectivity index (χ1n) is 9.51. The van der Waals surface area contributed by atoms with Crippen molar-refractivity contribution in [3.63, 3.8) is 0 Å². The van der Waals surface area contributed by atoms with E-state index >= 15 is 0 Å². The third-order valence-corrected chi connectivity index (χ3v) is 5.60. The van der Waals surface area contributed by atoms with E-state index < -0.39 is 0 Å². The molecule has 2 heterocycles. The van der Waals surface area contributed by atoms with Gasteiger partial charge in [0.1, 0.15) is 11.5 Å². The molecule has 1 fully saturated rings. The number of ether oxygens (including phenoxy) is 2. The SMILES string of the molecule is Cc1cccc(C(=O)N(Cc2c3c(cc4c2OCC4)OCC3)C2CC2)c1. The maximum absolute atomic E-state index is 13.2. The van der Waals surface area contributed by atoms with E-state index in [1.54, 1.807) is 0 Å². The van der Waals surface area contributed by atoms with E-state index in [9.17, 15) is 4.79 Å². The van der Waals surface area contributed by atoms with Crippen molar-refractivity contribution < 1.29 is 14.3 Å². The van der Waals surface area contributed by atoms with Gasteiger partial charge >= 0.3 is 0 Å². The monoisotopic (exact) mass is 349 g/mol. The van der Waals surface area contributed by atoms with Gasteiger partial charge in [-0.2, -0.15) is 0 Å².